The lowest BCUT2D eigenvalue weighted by molar-refractivity contribution is 0.0657. The third-order valence-electron chi connectivity index (χ3n) is 4.95. The number of aryl methyl sites for hydroxylation is 1. The van der Waals surface area contributed by atoms with Crippen molar-refractivity contribution in [3.8, 4) is 0 Å². The van der Waals surface area contributed by atoms with Crippen LogP contribution in [0, 0.1) is 0 Å². The summed E-state index contributed by atoms with van der Waals surface area (Å²) in [5.74, 6) is 0.195. The van der Waals surface area contributed by atoms with Crippen molar-refractivity contribution >= 4 is 5.91 Å². The molecule has 0 saturated carbocycles. The Labute approximate surface area is 135 Å². The van der Waals surface area contributed by atoms with Gasteiger partial charge in [0.05, 0.1) is 0 Å². The molecule has 2 aliphatic rings. The van der Waals surface area contributed by atoms with Gasteiger partial charge in [0.25, 0.3) is 5.91 Å². The van der Waals surface area contributed by atoms with Crippen LogP contribution in [0.15, 0.2) is 24.3 Å². The summed E-state index contributed by atoms with van der Waals surface area (Å²) in [4.78, 5) is 14.5. The minimum absolute atomic E-state index is 0.195. The summed E-state index contributed by atoms with van der Waals surface area (Å²) in [5, 5.41) is 3.65. The lowest BCUT2D eigenvalue weighted by atomic mass is 9.86. The second-order valence-corrected chi connectivity index (χ2v) is 6.15. The van der Waals surface area contributed by atoms with Crippen molar-refractivity contribution in [1.82, 2.24) is 10.2 Å². The Morgan fingerprint density at radius 2 is 1.77 bits per heavy atom. The predicted octanol–water partition coefficient (Wildman–Crippen LogP) is 3.63. The third-order valence-corrected chi connectivity index (χ3v) is 4.95. The van der Waals surface area contributed by atoms with Gasteiger partial charge >= 0.3 is 0 Å². The normalized spacial score (nSPS) is 19.7. The van der Waals surface area contributed by atoms with E-state index in [4.69, 9.17) is 0 Å². The monoisotopic (exact) mass is 302 g/mol. The molecule has 3 rings (SSSR count). The molecule has 0 radical (unpaired) electrons. The van der Waals surface area contributed by atoms with Crippen LogP contribution in [0.25, 0.3) is 0 Å². The summed E-state index contributed by atoms with van der Waals surface area (Å²) < 4.78 is 0. The molecular formula is C19H30N2O. The molecule has 0 aromatic heterocycles. The molecule has 0 atom stereocenters. The highest BCUT2D eigenvalue weighted by Crippen LogP contribution is 2.31. The van der Waals surface area contributed by atoms with Crippen molar-refractivity contribution in [2.45, 2.75) is 58.4 Å². The molecule has 3 heteroatoms. The lowest BCUT2D eigenvalue weighted by Gasteiger charge is -2.39. The molecule has 2 heterocycles. The van der Waals surface area contributed by atoms with Gasteiger partial charge < -0.3 is 10.2 Å². The molecule has 3 nitrogen and oxygen atoms in total. The summed E-state index contributed by atoms with van der Waals surface area (Å²) in [6.45, 7) is 9.06. The van der Waals surface area contributed by atoms with Gasteiger partial charge in [-0.1, -0.05) is 32.9 Å². The van der Waals surface area contributed by atoms with E-state index in [0.29, 0.717) is 5.54 Å². The first-order valence-corrected chi connectivity index (χ1v) is 8.86. The molecule has 122 valence electrons. The summed E-state index contributed by atoms with van der Waals surface area (Å²) >= 11 is 0. The van der Waals surface area contributed by atoms with Crippen LogP contribution in [0.3, 0.4) is 0 Å². The van der Waals surface area contributed by atoms with Gasteiger partial charge in [0.15, 0.2) is 0 Å². The highest BCUT2D eigenvalue weighted by Gasteiger charge is 2.37. The summed E-state index contributed by atoms with van der Waals surface area (Å²) in [6.07, 6.45) is 5.79. The van der Waals surface area contributed by atoms with Crippen molar-refractivity contribution in [3.63, 3.8) is 0 Å². The first kappa shape index (κ1) is 17.0. The average molecular weight is 302 g/mol. The third kappa shape index (κ3) is 3.70. The number of likely N-dealkylation sites (tertiary alicyclic amines) is 1. The van der Waals surface area contributed by atoms with Crippen LogP contribution in [-0.2, 0) is 6.42 Å². The van der Waals surface area contributed by atoms with Gasteiger partial charge in [-0.3, -0.25) is 4.79 Å². The zero-order valence-electron chi connectivity index (χ0n) is 14.3. The van der Waals surface area contributed by atoms with Gasteiger partial charge in [0.2, 0.25) is 0 Å². The standard InChI is InChI=1S/C17H24N2O.C2H6/c1-2-14-4-6-15(7-5-14)16(20)19-12-9-17(10-13-19)8-3-11-18-17;1-2/h4-7,18H,2-3,8-13H2,1H3;1-2H3. The van der Waals surface area contributed by atoms with Gasteiger partial charge in [0, 0.05) is 24.2 Å². The molecule has 2 saturated heterocycles. The topological polar surface area (TPSA) is 32.3 Å². The SMILES string of the molecule is CC.CCc1ccc(C(=O)N2CCC3(CCCN3)CC2)cc1. The Morgan fingerprint density at radius 3 is 2.27 bits per heavy atom. The number of nitrogens with zero attached hydrogens (tertiary/aromatic N) is 1. The Morgan fingerprint density at radius 1 is 1.14 bits per heavy atom. The van der Waals surface area contributed by atoms with E-state index in [-0.39, 0.29) is 5.91 Å². The van der Waals surface area contributed by atoms with Crippen molar-refractivity contribution < 1.29 is 4.79 Å². The zero-order chi connectivity index (χ0) is 16.0. The number of amides is 1. The van der Waals surface area contributed by atoms with Gasteiger partial charge in [-0.15, -0.1) is 0 Å². The van der Waals surface area contributed by atoms with Crippen LogP contribution in [0.5, 0.6) is 0 Å². The van der Waals surface area contributed by atoms with Gasteiger partial charge in [-0.2, -0.15) is 0 Å². The van der Waals surface area contributed by atoms with Gasteiger partial charge in [-0.05, 0) is 56.3 Å². The van der Waals surface area contributed by atoms with Crippen molar-refractivity contribution in [3.05, 3.63) is 35.4 Å². The van der Waals surface area contributed by atoms with E-state index >= 15 is 0 Å². The molecule has 1 aromatic rings. The minimum atomic E-state index is 0.195. The highest BCUT2D eigenvalue weighted by atomic mass is 16.2. The second kappa shape index (κ2) is 7.77. The largest absolute Gasteiger partial charge is 0.339 e. The van der Waals surface area contributed by atoms with Crippen molar-refractivity contribution in [2.75, 3.05) is 19.6 Å². The maximum Gasteiger partial charge on any atom is 0.253 e. The number of hydrogen-bond donors (Lipinski definition) is 1. The smallest absolute Gasteiger partial charge is 0.253 e. The van der Waals surface area contributed by atoms with Gasteiger partial charge in [-0.25, -0.2) is 0 Å². The highest BCUT2D eigenvalue weighted by molar-refractivity contribution is 5.94. The first-order chi connectivity index (χ1) is 10.7. The van der Waals surface area contributed by atoms with Crippen LogP contribution >= 0.6 is 0 Å². The van der Waals surface area contributed by atoms with Crippen LogP contribution in [0.1, 0.15) is 62.4 Å². The van der Waals surface area contributed by atoms with E-state index in [1.807, 2.05) is 30.9 Å². The van der Waals surface area contributed by atoms with Crippen LogP contribution in [-0.4, -0.2) is 36.0 Å². The maximum absolute atomic E-state index is 12.5. The van der Waals surface area contributed by atoms with E-state index in [2.05, 4.69) is 24.4 Å². The molecule has 0 bridgehead atoms. The predicted molar refractivity (Wildman–Crippen MR) is 92.3 cm³/mol. The van der Waals surface area contributed by atoms with Crippen LogP contribution in [0.4, 0.5) is 0 Å². The fraction of sp³-hybridized carbons (Fsp3) is 0.632. The fourth-order valence-corrected chi connectivity index (χ4v) is 3.50. The molecule has 22 heavy (non-hydrogen) atoms. The molecule has 1 spiro atoms. The van der Waals surface area contributed by atoms with E-state index in [9.17, 15) is 4.79 Å². The van der Waals surface area contributed by atoms with E-state index < -0.39 is 0 Å². The minimum Gasteiger partial charge on any atom is -0.339 e. The zero-order valence-corrected chi connectivity index (χ0v) is 14.3. The maximum atomic E-state index is 12.5. The lowest BCUT2D eigenvalue weighted by Crippen LogP contribution is -2.51. The first-order valence-electron chi connectivity index (χ1n) is 8.86. The van der Waals surface area contributed by atoms with E-state index in [1.54, 1.807) is 0 Å². The Bertz CT molecular complexity index is 465. The van der Waals surface area contributed by atoms with Crippen molar-refractivity contribution in [1.29, 1.82) is 0 Å². The molecule has 2 fully saturated rings. The van der Waals surface area contributed by atoms with E-state index in [1.165, 1.54) is 18.4 Å². The molecule has 2 aliphatic heterocycles. The molecule has 1 N–H and O–H groups in total. The fourth-order valence-electron chi connectivity index (χ4n) is 3.50. The Hall–Kier alpha value is -1.35. The number of piperidine rings is 1. The Balaban J connectivity index is 0.000000847. The summed E-state index contributed by atoms with van der Waals surface area (Å²) in [6, 6.07) is 8.08. The Kier molecular flexibility index (Phi) is 6.01. The number of rotatable bonds is 2. The molecular weight excluding hydrogens is 272 g/mol. The van der Waals surface area contributed by atoms with Crippen molar-refractivity contribution in [2.24, 2.45) is 0 Å². The second-order valence-electron chi connectivity index (χ2n) is 6.15. The van der Waals surface area contributed by atoms with Crippen LogP contribution < -0.4 is 5.32 Å². The molecule has 0 aliphatic carbocycles. The average Bonchev–Trinajstić information content (AvgIpc) is 3.05. The number of nitrogens with one attached hydrogen (secondary N) is 1. The number of benzene rings is 1. The molecule has 1 aromatic carbocycles. The molecule has 1 amide bonds. The summed E-state index contributed by atoms with van der Waals surface area (Å²) in [5.41, 5.74) is 2.45. The molecule has 0 unspecified atom stereocenters. The number of hydrogen-bond acceptors (Lipinski definition) is 2. The number of carbonyl (C=O) groups excluding carboxylic acids is 1. The summed E-state index contributed by atoms with van der Waals surface area (Å²) in [7, 11) is 0. The van der Waals surface area contributed by atoms with E-state index in [0.717, 1.165) is 44.5 Å². The number of carbonyl (C=O) groups is 1. The van der Waals surface area contributed by atoms with Gasteiger partial charge in [0.1, 0.15) is 0 Å². The quantitative estimate of drug-likeness (QED) is 0.904. The van der Waals surface area contributed by atoms with Crippen LogP contribution in [0.2, 0.25) is 0 Å².